The Morgan fingerprint density at radius 3 is 2.61 bits per heavy atom. The van der Waals surface area contributed by atoms with Gasteiger partial charge in [0.15, 0.2) is 0 Å². The lowest BCUT2D eigenvalue weighted by molar-refractivity contribution is -0.0443. The van der Waals surface area contributed by atoms with Gasteiger partial charge in [0.1, 0.15) is 0 Å². The largest absolute Gasteiger partial charge is 0.378 e. The molecule has 2 atom stereocenters. The summed E-state index contributed by atoms with van der Waals surface area (Å²) in [6.07, 6.45) is 4.88. The number of ether oxygens (including phenoxy) is 1. The minimum atomic E-state index is 0.453. The van der Waals surface area contributed by atoms with Gasteiger partial charge in [0.25, 0.3) is 0 Å². The van der Waals surface area contributed by atoms with Crippen LogP contribution < -0.4 is 0 Å². The van der Waals surface area contributed by atoms with Gasteiger partial charge in [-0.25, -0.2) is 0 Å². The maximum absolute atomic E-state index is 5.82. The molecule has 1 aromatic carbocycles. The summed E-state index contributed by atoms with van der Waals surface area (Å²) in [5, 5.41) is 0. The van der Waals surface area contributed by atoms with Gasteiger partial charge in [0, 0.05) is 19.1 Å². The summed E-state index contributed by atoms with van der Waals surface area (Å²) in [5.74, 6) is 0. The van der Waals surface area contributed by atoms with Gasteiger partial charge in [-0.15, -0.1) is 0 Å². The second kappa shape index (κ2) is 8.09. The molecule has 126 valence electrons. The summed E-state index contributed by atoms with van der Waals surface area (Å²) in [7, 11) is 0. The zero-order valence-electron chi connectivity index (χ0n) is 14.6. The van der Waals surface area contributed by atoms with E-state index in [0.717, 1.165) is 32.8 Å². The van der Waals surface area contributed by atoms with E-state index in [1.807, 2.05) is 0 Å². The Bertz CT molecular complexity index is 510. The van der Waals surface area contributed by atoms with Gasteiger partial charge in [0.05, 0.1) is 19.3 Å². The van der Waals surface area contributed by atoms with Crippen LogP contribution in [-0.4, -0.2) is 54.7 Å². The number of benzene rings is 1. The smallest absolute Gasteiger partial charge is 0.0658 e. The Hall–Kier alpha value is -1.16. The monoisotopic (exact) mass is 314 g/mol. The standard InChI is InChI=1S/C20H30N2O/c1-3-21(4-2)11-10-18-12-19-15-23-16-20(13-18)22(19)14-17-8-6-5-7-9-17/h5-9,12,19-20H,3-4,10-11,13-16H2,1-2H3. The van der Waals surface area contributed by atoms with Gasteiger partial charge in [-0.3, -0.25) is 4.90 Å². The van der Waals surface area contributed by atoms with Crippen molar-refractivity contribution in [1.29, 1.82) is 0 Å². The fourth-order valence-corrected chi connectivity index (χ4v) is 3.82. The van der Waals surface area contributed by atoms with Crippen LogP contribution in [0.3, 0.4) is 0 Å². The summed E-state index contributed by atoms with van der Waals surface area (Å²) in [6.45, 7) is 10.8. The lowest BCUT2D eigenvalue weighted by Gasteiger charge is -2.45. The van der Waals surface area contributed by atoms with Gasteiger partial charge < -0.3 is 9.64 Å². The Kier molecular flexibility index (Phi) is 5.87. The van der Waals surface area contributed by atoms with Gasteiger partial charge >= 0.3 is 0 Å². The normalized spacial score (nSPS) is 24.7. The fourth-order valence-electron chi connectivity index (χ4n) is 3.82. The molecule has 3 nitrogen and oxygen atoms in total. The summed E-state index contributed by atoms with van der Waals surface area (Å²) in [5.41, 5.74) is 3.05. The second-order valence-electron chi connectivity index (χ2n) is 6.72. The SMILES string of the molecule is CCN(CC)CCC1=CC2COCC(C1)N2Cc1ccccc1. The third kappa shape index (κ3) is 4.23. The van der Waals surface area contributed by atoms with Crippen LogP contribution in [0, 0.1) is 0 Å². The number of nitrogens with zero attached hydrogens (tertiary/aromatic N) is 2. The van der Waals surface area contributed by atoms with Crippen molar-refractivity contribution in [2.75, 3.05) is 32.8 Å². The zero-order chi connectivity index (χ0) is 16.1. The molecule has 0 aromatic heterocycles. The van der Waals surface area contributed by atoms with Crippen LogP contribution in [0.5, 0.6) is 0 Å². The van der Waals surface area contributed by atoms with Crippen LogP contribution in [0.15, 0.2) is 42.0 Å². The molecule has 0 saturated carbocycles. The molecule has 0 amide bonds. The first-order chi connectivity index (χ1) is 11.3. The number of morpholine rings is 1. The lowest BCUT2D eigenvalue weighted by atomic mass is 9.91. The minimum absolute atomic E-state index is 0.453. The van der Waals surface area contributed by atoms with Crippen LogP contribution in [0.2, 0.25) is 0 Å². The summed E-state index contributed by atoms with van der Waals surface area (Å²) < 4.78 is 5.82. The van der Waals surface area contributed by atoms with Gasteiger partial charge in [-0.1, -0.05) is 55.8 Å². The highest BCUT2D eigenvalue weighted by molar-refractivity contribution is 5.20. The predicted octanol–water partition coefficient (Wildman–Crippen LogP) is 3.32. The van der Waals surface area contributed by atoms with E-state index in [9.17, 15) is 0 Å². The Balaban J connectivity index is 1.64. The second-order valence-corrected chi connectivity index (χ2v) is 6.72. The average molecular weight is 314 g/mol. The third-order valence-corrected chi connectivity index (χ3v) is 5.27. The van der Waals surface area contributed by atoms with E-state index in [4.69, 9.17) is 4.74 Å². The molecule has 0 spiro atoms. The van der Waals surface area contributed by atoms with Crippen LogP contribution in [-0.2, 0) is 11.3 Å². The lowest BCUT2D eigenvalue weighted by Crippen LogP contribution is -2.53. The van der Waals surface area contributed by atoms with Gasteiger partial charge in [0.2, 0.25) is 0 Å². The van der Waals surface area contributed by atoms with Crippen LogP contribution in [0.4, 0.5) is 0 Å². The number of hydrogen-bond donors (Lipinski definition) is 0. The van der Waals surface area contributed by atoms with Gasteiger partial charge in [-0.2, -0.15) is 0 Å². The highest BCUT2D eigenvalue weighted by atomic mass is 16.5. The molecule has 1 aromatic rings. The van der Waals surface area contributed by atoms with E-state index < -0.39 is 0 Å². The predicted molar refractivity (Wildman–Crippen MR) is 95.5 cm³/mol. The molecule has 2 unspecified atom stereocenters. The molecule has 1 saturated heterocycles. The van der Waals surface area contributed by atoms with Crippen molar-refractivity contribution in [2.45, 2.75) is 45.3 Å². The van der Waals surface area contributed by atoms with Crippen molar-refractivity contribution >= 4 is 0 Å². The molecular weight excluding hydrogens is 284 g/mol. The van der Waals surface area contributed by atoms with Crippen LogP contribution in [0.1, 0.15) is 32.3 Å². The first kappa shape index (κ1) is 16.7. The quantitative estimate of drug-likeness (QED) is 0.718. The summed E-state index contributed by atoms with van der Waals surface area (Å²) in [6, 6.07) is 11.8. The number of hydrogen-bond acceptors (Lipinski definition) is 3. The highest BCUT2D eigenvalue weighted by Crippen LogP contribution is 2.30. The van der Waals surface area contributed by atoms with E-state index in [2.05, 4.69) is 60.1 Å². The van der Waals surface area contributed by atoms with Crippen molar-refractivity contribution in [3.05, 3.63) is 47.5 Å². The van der Waals surface area contributed by atoms with E-state index in [-0.39, 0.29) is 0 Å². The van der Waals surface area contributed by atoms with E-state index in [1.54, 1.807) is 5.57 Å². The van der Waals surface area contributed by atoms with E-state index >= 15 is 0 Å². The minimum Gasteiger partial charge on any atom is -0.378 e. The van der Waals surface area contributed by atoms with Crippen molar-refractivity contribution in [2.24, 2.45) is 0 Å². The summed E-state index contributed by atoms with van der Waals surface area (Å²) >= 11 is 0. The molecule has 0 radical (unpaired) electrons. The molecule has 0 aliphatic carbocycles. The molecule has 3 heteroatoms. The van der Waals surface area contributed by atoms with Crippen molar-refractivity contribution < 1.29 is 4.74 Å². The van der Waals surface area contributed by atoms with Crippen LogP contribution in [0.25, 0.3) is 0 Å². The first-order valence-electron chi connectivity index (χ1n) is 9.09. The Morgan fingerprint density at radius 2 is 1.91 bits per heavy atom. The maximum Gasteiger partial charge on any atom is 0.0658 e. The topological polar surface area (TPSA) is 15.7 Å². The maximum atomic E-state index is 5.82. The average Bonchev–Trinajstić information content (AvgIpc) is 2.57. The van der Waals surface area contributed by atoms with Crippen molar-refractivity contribution in [3.8, 4) is 0 Å². The molecule has 2 aliphatic rings. The molecule has 1 fully saturated rings. The zero-order valence-corrected chi connectivity index (χ0v) is 14.6. The highest BCUT2D eigenvalue weighted by Gasteiger charge is 2.34. The molecule has 3 rings (SSSR count). The number of rotatable bonds is 7. The molecule has 2 bridgehead atoms. The first-order valence-corrected chi connectivity index (χ1v) is 9.09. The van der Waals surface area contributed by atoms with E-state index in [0.29, 0.717) is 12.1 Å². The molecule has 23 heavy (non-hydrogen) atoms. The summed E-state index contributed by atoms with van der Waals surface area (Å²) in [4.78, 5) is 5.16. The number of fused-ring (bicyclic) bond motifs is 2. The van der Waals surface area contributed by atoms with E-state index in [1.165, 1.54) is 24.9 Å². The van der Waals surface area contributed by atoms with Crippen LogP contribution >= 0.6 is 0 Å². The van der Waals surface area contributed by atoms with Crippen molar-refractivity contribution in [1.82, 2.24) is 9.80 Å². The molecule has 0 N–H and O–H groups in total. The third-order valence-electron chi connectivity index (χ3n) is 5.27. The molecule has 2 heterocycles. The Morgan fingerprint density at radius 1 is 1.13 bits per heavy atom. The van der Waals surface area contributed by atoms with Gasteiger partial charge in [-0.05, 0) is 31.5 Å². The molecule has 2 aliphatic heterocycles. The molecular formula is C20H30N2O. The Labute approximate surface area is 140 Å². The fraction of sp³-hybridized carbons (Fsp3) is 0.600. The van der Waals surface area contributed by atoms with Crippen molar-refractivity contribution in [3.63, 3.8) is 0 Å².